The minimum Gasteiger partial charge on any atom is -0.489 e. The number of pyridine rings is 1. The van der Waals surface area contributed by atoms with Gasteiger partial charge < -0.3 is 14.8 Å². The molecule has 0 bridgehead atoms. The van der Waals surface area contributed by atoms with E-state index in [1.54, 1.807) is 25.4 Å². The Morgan fingerprint density at radius 3 is 2.76 bits per heavy atom. The maximum absolute atomic E-state index is 12.1. The molecule has 7 nitrogen and oxygen atoms in total. The number of hydrogen-bond acceptors (Lipinski definition) is 7. The van der Waals surface area contributed by atoms with E-state index in [0.29, 0.717) is 11.6 Å². The summed E-state index contributed by atoms with van der Waals surface area (Å²) < 4.78 is 10.6. The lowest BCUT2D eigenvalue weighted by Gasteiger charge is -2.06. The van der Waals surface area contributed by atoms with Crippen LogP contribution in [-0.4, -0.2) is 28.5 Å². The third kappa shape index (κ3) is 5.98. The molecule has 8 heteroatoms. The van der Waals surface area contributed by atoms with Crippen molar-refractivity contribution in [2.24, 2.45) is 0 Å². The monoisotopic (exact) mass is 409 g/mol. The van der Waals surface area contributed by atoms with Crippen molar-refractivity contribution in [3.8, 4) is 5.75 Å². The quantitative estimate of drug-likeness (QED) is 0.448. The number of anilines is 1. The SMILES string of the molecule is CCOC(=O)c1ncsc1NC(=O)/C=C/c1ccc(OCc2cccnc2)cc1. The second-order valence-corrected chi connectivity index (χ2v) is 6.65. The number of hydrogen-bond donors (Lipinski definition) is 1. The van der Waals surface area contributed by atoms with Gasteiger partial charge in [0, 0.05) is 24.0 Å². The van der Waals surface area contributed by atoms with E-state index in [2.05, 4.69) is 15.3 Å². The Balaban J connectivity index is 1.54. The van der Waals surface area contributed by atoms with E-state index in [1.165, 1.54) is 11.6 Å². The standard InChI is InChI=1S/C21H19N3O4S/c1-2-27-21(26)19-20(29-14-23-19)24-18(25)10-7-15-5-8-17(9-6-15)28-13-16-4-3-11-22-12-16/h3-12,14H,2,13H2,1H3,(H,24,25)/b10-7+. The average Bonchev–Trinajstić information content (AvgIpc) is 3.20. The Kier molecular flexibility index (Phi) is 7.07. The Bertz CT molecular complexity index is 985. The van der Waals surface area contributed by atoms with Crippen molar-refractivity contribution < 1.29 is 19.1 Å². The van der Waals surface area contributed by atoms with E-state index in [1.807, 2.05) is 36.4 Å². The molecule has 2 aromatic heterocycles. The summed E-state index contributed by atoms with van der Waals surface area (Å²) in [4.78, 5) is 31.9. The summed E-state index contributed by atoms with van der Waals surface area (Å²) in [6.45, 7) is 2.38. The summed E-state index contributed by atoms with van der Waals surface area (Å²) in [6, 6.07) is 11.2. The van der Waals surface area contributed by atoms with Gasteiger partial charge in [0.1, 0.15) is 17.4 Å². The van der Waals surface area contributed by atoms with Crippen molar-refractivity contribution in [3.05, 3.63) is 77.2 Å². The Morgan fingerprint density at radius 1 is 1.21 bits per heavy atom. The van der Waals surface area contributed by atoms with Crippen molar-refractivity contribution in [1.29, 1.82) is 0 Å². The maximum atomic E-state index is 12.1. The first kappa shape index (κ1) is 20.2. The smallest absolute Gasteiger partial charge is 0.360 e. The first-order valence-electron chi connectivity index (χ1n) is 8.87. The van der Waals surface area contributed by atoms with Gasteiger partial charge in [0.15, 0.2) is 5.69 Å². The van der Waals surface area contributed by atoms with Crippen LogP contribution in [0.5, 0.6) is 5.75 Å². The van der Waals surface area contributed by atoms with Crippen LogP contribution in [0.3, 0.4) is 0 Å². The molecule has 0 aliphatic rings. The van der Waals surface area contributed by atoms with Gasteiger partial charge in [0.05, 0.1) is 12.1 Å². The summed E-state index contributed by atoms with van der Waals surface area (Å²) in [5.74, 6) is -0.203. The maximum Gasteiger partial charge on any atom is 0.360 e. The van der Waals surface area contributed by atoms with Crippen molar-refractivity contribution in [2.75, 3.05) is 11.9 Å². The van der Waals surface area contributed by atoms with Crippen molar-refractivity contribution in [3.63, 3.8) is 0 Å². The van der Waals surface area contributed by atoms with Gasteiger partial charge in [-0.1, -0.05) is 18.2 Å². The molecular formula is C21H19N3O4S. The van der Waals surface area contributed by atoms with Crippen LogP contribution < -0.4 is 10.1 Å². The fraction of sp³-hybridized carbons (Fsp3) is 0.143. The number of esters is 1. The molecule has 0 atom stereocenters. The largest absolute Gasteiger partial charge is 0.489 e. The number of nitrogens with zero attached hydrogens (tertiary/aromatic N) is 2. The third-order valence-electron chi connectivity index (χ3n) is 3.71. The van der Waals surface area contributed by atoms with Crippen LogP contribution in [0, 0.1) is 0 Å². The van der Waals surface area contributed by atoms with E-state index in [4.69, 9.17) is 9.47 Å². The van der Waals surface area contributed by atoms with E-state index < -0.39 is 5.97 Å². The van der Waals surface area contributed by atoms with Gasteiger partial charge in [0.25, 0.3) is 0 Å². The van der Waals surface area contributed by atoms with E-state index in [0.717, 1.165) is 28.2 Å². The number of rotatable bonds is 8. The molecule has 0 saturated heterocycles. The third-order valence-corrected chi connectivity index (χ3v) is 4.45. The number of ether oxygens (including phenoxy) is 2. The summed E-state index contributed by atoms with van der Waals surface area (Å²) >= 11 is 1.16. The van der Waals surface area contributed by atoms with E-state index in [9.17, 15) is 9.59 Å². The highest BCUT2D eigenvalue weighted by molar-refractivity contribution is 7.14. The van der Waals surface area contributed by atoms with Gasteiger partial charge in [-0.2, -0.15) is 0 Å². The molecule has 1 amide bonds. The number of benzene rings is 1. The molecule has 1 N–H and O–H groups in total. The van der Waals surface area contributed by atoms with Crippen molar-refractivity contribution in [1.82, 2.24) is 9.97 Å². The van der Waals surface area contributed by atoms with Crippen LogP contribution in [0.25, 0.3) is 6.08 Å². The Hall–Kier alpha value is -3.52. The van der Waals surface area contributed by atoms with Gasteiger partial charge in [0.2, 0.25) is 5.91 Å². The van der Waals surface area contributed by atoms with Gasteiger partial charge in [-0.15, -0.1) is 11.3 Å². The lowest BCUT2D eigenvalue weighted by atomic mass is 10.2. The molecule has 29 heavy (non-hydrogen) atoms. The van der Waals surface area contributed by atoms with Crippen LogP contribution >= 0.6 is 11.3 Å². The molecule has 3 aromatic rings. The zero-order chi connectivity index (χ0) is 20.5. The Labute approximate surface area is 172 Å². The number of aromatic nitrogens is 2. The second kappa shape index (κ2) is 10.1. The van der Waals surface area contributed by atoms with E-state index in [-0.39, 0.29) is 18.2 Å². The fourth-order valence-electron chi connectivity index (χ4n) is 2.33. The highest BCUT2D eigenvalue weighted by Crippen LogP contribution is 2.21. The predicted molar refractivity (Wildman–Crippen MR) is 111 cm³/mol. The van der Waals surface area contributed by atoms with Gasteiger partial charge in [-0.3, -0.25) is 9.78 Å². The lowest BCUT2D eigenvalue weighted by Crippen LogP contribution is -2.12. The number of amides is 1. The molecule has 2 heterocycles. The molecule has 0 fully saturated rings. The highest BCUT2D eigenvalue weighted by atomic mass is 32.1. The average molecular weight is 409 g/mol. The zero-order valence-electron chi connectivity index (χ0n) is 15.7. The normalized spacial score (nSPS) is 10.7. The van der Waals surface area contributed by atoms with Gasteiger partial charge in [-0.25, -0.2) is 9.78 Å². The highest BCUT2D eigenvalue weighted by Gasteiger charge is 2.17. The molecule has 0 spiro atoms. The number of thiazole rings is 1. The first-order chi connectivity index (χ1) is 14.2. The van der Waals surface area contributed by atoms with Crippen LogP contribution in [0.2, 0.25) is 0 Å². The van der Waals surface area contributed by atoms with Crippen molar-refractivity contribution >= 4 is 34.3 Å². The molecule has 0 saturated carbocycles. The summed E-state index contributed by atoms with van der Waals surface area (Å²) in [7, 11) is 0. The lowest BCUT2D eigenvalue weighted by molar-refractivity contribution is -0.111. The number of carbonyl (C=O) groups is 2. The molecular weight excluding hydrogens is 390 g/mol. The van der Waals surface area contributed by atoms with Crippen LogP contribution in [-0.2, 0) is 16.1 Å². The van der Waals surface area contributed by atoms with E-state index >= 15 is 0 Å². The summed E-state index contributed by atoms with van der Waals surface area (Å²) in [5, 5.41) is 3.01. The predicted octanol–water partition coefficient (Wildman–Crippen LogP) is 3.95. The van der Waals surface area contributed by atoms with Crippen LogP contribution in [0.15, 0.2) is 60.4 Å². The molecule has 1 aromatic carbocycles. The first-order valence-corrected chi connectivity index (χ1v) is 9.75. The summed E-state index contributed by atoms with van der Waals surface area (Å²) in [6.07, 6.45) is 6.53. The molecule has 148 valence electrons. The molecule has 0 aliphatic heterocycles. The van der Waals surface area contributed by atoms with Crippen molar-refractivity contribution in [2.45, 2.75) is 13.5 Å². The topological polar surface area (TPSA) is 90.4 Å². The van der Waals surface area contributed by atoms with Crippen LogP contribution in [0.4, 0.5) is 5.00 Å². The van der Waals surface area contributed by atoms with Gasteiger partial charge in [-0.05, 0) is 36.8 Å². The molecule has 0 aliphatic carbocycles. The molecule has 0 unspecified atom stereocenters. The summed E-state index contributed by atoms with van der Waals surface area (Å²) in [5.41, 5.74) is 3.41. The zero-order valence-corrected chi connectivity index (χ0v) is 16.5. The van der Waals surface area contributed by atoms with Gasteiger partial charge >= 0.3 is 5.97 Å². The second-order valence-electron chi connectivity index (χ2n) is 5.79. The molecule has 3 rings (SSSR count). The minimum atomic E-state index is -0.560. The minimum absolute atomic E-state index is 0.105. The Morgan fingerprint density at radius 2 is 2.03 bits per heavy atom. The number of nitrogens with one attached hydrogen (secondary N) is 1. The number of carbonyl (C=O) groups excluding carboxylic acids is 2. The molecule has 0 radical (unpaired) electrons. The fourth-order valence-corrected chi connectivity index (χ4v) is 3.00. The van der Waals surface area contributed by atoms with Crippen LogP contribution in [0.1, 0.15) is 28.5 Å².